The lowest BCUT2D eigenvalue weighted by atomic mass is 9.83. The molecule has 19 heavy (non-hydrogen) atoms. The van der Waals surface area contributed by atoms with Crippen LogP contribution in [0.15, 0.2) is 24.3 Å². The van der Waals surface area contributed by atoms with E-state index in [1.165, 1.54) is 11.1 Å². The van der Waals surface area contributed by atoms with Gasteiger partial charge in [0, 0.05) is 5.92 Å². The fourth-order valence-electron chi connectivity index (χ4n) is 2.53. The Morgan fingerprint density at radius 3 is 2.89 bits per heavy atom. The molecule has 1 aromatic heterocycles. The van der Waals surface area contributed by atoms with Crippen molar-refractivity contribution in [2.75, 3.05) is 5.32 Å². The van der Waals surface area contributed by atoms with E-state index < -0.39 is 0 Å². The third-order valence-corrected chi connectivity index (χ3v) is 3.55. The Morgan fingerprint density at radius 1 is 1.37 bits per heavy atom. The van der Waals surface area contributed by atoms with Gasteiger partial charge >= 0.3 is 0 Å². The topological polar surface area (TPSA) is 70.7 Å². The van der Waals surface area contributed by atoms with Gasteiger partial charge < -0.3 is 0 Å². The van der Waals surface area contributed by atoms with Gasteiger partial charge in [-0.1, -0.05) is 24.3 Å². The number of aryl methyl sites for hydroxylation is 2. The van der Waals surface area contributed by atoms with Crippen LogP contribution < -0.4 is 5.32 Å². The van der Waals surface area contributed by atoms with Crippen LogP contribution in [0.1, 0.15) is 23.4 Å². The van der Waals surface area contributed by atoms with Gasteiger partial charge in [-0.2, -0.15) is 4.98 Å². The molecule has 98 valence electrons. The molecule has 1 atom stereocenters. The zero-order valence-corrected chi connectivity index (χ0v) is 10.8. The lowest BCUT2D eigenvalue weighted by molar-refractivity contribution is -0.120. The highest BCUT2D eigenvalue weighted by Crippen LogP contribution is 2.25. The van der Waals surface area contributed by atoms with Crippen LogP contribution in [-0.4, -0.2) is 21.1 Å². The number of aromatic nitrogens is 3. The molecule has 2 N–H and O–H groups in total. The number of benzene rings is 1. The first kappa shape index (κ1) is 11.9. The number of H-pyrrole nitrogens is 1. The first-order chi connectivity index (χ1) is 9.22. The molecule has 0 bridgehead atoms. The van der Waals surface area contributed by atoms with E-state index in [1.54, 1.807) is 6.92 Å². The number of hydrogen-bond donors (Lipinski definition) is 2. The number of nitrogens with one attached hydrogen (secondary N) is 2. The lowest BCUT2D eigenvalue weighted by Gasteiger charge is -2.23. The molecule has 0 radical (unpaired) electrons. The van der Waals surface area contributed by atoms with Gasteiger partial charge in [0.15, 0.2) is 0 Å². The second-order valence-electron chi connectivity index (χ2n) is 4.94. The van der Waals surface area contributed by atoms with Crippen LogP contribution in [0.4, 0.5) is 5.95 Å². The third kappa shape index (κ3) is 2.50. The average molecular weight is 256 g/mol. The zero-order chi connectivity index (χ0) is 13.2. The van der Waals surface area contributed by atoms with Crippen molar-refractivity contribution >= 4 is 11.9 Å². The maximum Gasteiger partial charge on any atom is 0.248 e. The minimum Gasteiger partial charge on any atom is -0.293 e. The number of anilines is 1. The van der Waals surface area contributed by atoms with E-state index in [-0.39, 0.29) is 11.8 Å². The molecule has 0 saturated heterocycles. The summed E-state index contributed by atoms with van der Waals surface area (Å²) in [6, 6.07) is 8.32. The first-order valence-corrected chi connectivity index (χ1v) is 6.49. The van der Waals surface area contributed by atoms with Crippen LogP contribution >= 0.6 is 0 Å². The Kier molecular flexibility index (Phi) is 3.03. The number of carbonyl (C=O) groups excluding carboxylic acids is 1. The van der Waals surface area contributed by atoms with Crippen LogP contribution in [0.2, 0.25) is 0 Å². The third-order valence-electron chi connectivity index (χ3n) is 3.55. The highest BCUT2D eigenvalue weighted by Gasteiger charge is 2.25. The van der Waals surface area contributed by atoms with Gasteiger partial charge in [0.05, 0.1) is 0 Å². The second kappa shape index (κ2) is 4.84. The van der Waals surface area contributed by atoms with Crippen molar-refractivity contribution < 1.29 is 4.79 Å². The highest BCUT2D eigenvalue weighted by atomic mass is 16.2. The molecule has 5 nitrogen and oxygen atoms in total. The average Bonchev–Trinajstić information content (AvgIpc) is 2.83. The standard InChI is InChI=1S/C14H16N4O/c1-9-15-14(18-17-9)16-13(19)12-7-6-10-4-2-3-5-11(10)8-12/h2-5,12H,6-8H2,1H3,(H2,15,16,17,18,19). The molecule has 0 fully saturated rings. The predicted molar refractivity (Wildman–Crippen MR) is 71.7 cm³/mol. The summed E-state index contributed by atoms with van der Waals surface area (Å²) in [7, 11) is 0. The van der Waals surface area contributed by atoms with Crippen LogP contribution in [0.5, 0.6) is 0 Å². The summed E-state index contributed by atoms with van der Waals surface area (Å²) in [5, 5.41) is 9.41. The Balaban J connectivity index is 1.69. The van der Waals surface area contributed by atoms with Crippen LogP contribution in [-0.2, 0) is 17.6 Å². The van der Waals surface area contributed by atoms with E-state index in [9.17, 15) is 4.79 Å². The van der Waals surface area contributed by atoms with Crippen molar-refractivity contribution in [2.24, 2.45) is 5.92 Å². The summed E-state index contributed by atoms with van der Waals surface area (Å²) >= 11 is 0. The van der Waals surface area contributed by atoms with Gasteiger partial charge in [-0.05, 0) is 37.3 Å². The fraction of sp³-hybridized carbons (Fsp3) is 0.357. The number of rotatable bonds is 2. The van der Waals surface area contributed by atoms with E-state index in [2.05, 4.69) is 38.7 Å². The van der Waals surface area contributed by atoms with E-state index in [4.69, 9.17) is 0 Å². The Labute approximate surface area is 111 Å². The highest BCUT2D eigenvalue weighted by molar-refractivity contribution is 5.91. The first-order valence-electron chi connectivity index (χ1n) is 6.49. The Morgan fingerprint density at radius 2 is 2.16 bits per heavy atom. The van der Waals surface area contributed by atoms with E-state index >= 15 is 0 Å². The molecular formula is C14H16N4O. The number of nitrogens with zero attached hydrogens (tertiary/aromatic N) is 2. The van der Waals surface area contributed by atoms with Gasteiger partial charge in [-0.15, -0.1) is 5.10 Å². The van der Waals surface area contributed by atoms with Crippen molar-refractivity contribution in [1.82, 2.24) is 15.2 Å². The molecule has 0 spiro atoms. The lowest BCUT2D eigenvalue weighted by Crippen LogP contribution is -2.28. The molecule has 0 saturated carbocycles. The fourth-order valence-corrected chi connectivity index (χ4v) is 2.53. The van der Waals surface area contributed by atoms with Gasteiger partial charge in [-0.3, -0.25) is 15.2 Å². The molecular weight excluding hydrogens is 240 g/mol. The van der Waals surface area contributed by atoms with Gasteiger partial charge in [0.2, 0.25) is 11.9 Å². The summed E-state index contributed by atoms with van der Waals surface area (Å²) in [4.78, 5) is 16.3. The molecule has 1 amide bonds. The van der Waals surface area contributed by atoms with Gasteiger partial charge in [0.25, 0.3) is 0 Å². The van der Waals surface area contributed by atoms with E-state index in [0.29, 0.717) is 11.8 Å². The largest absolute Gasteiger partial charge is 0.293 e. The smallest absolute Gasteiger partial charge is 0.248 e. The van der Waals surface area contributed by atoms with Crippen molar-refractivity contribution in [3.05, 3.63) is 41.2 Å². The van der Waals surface area contributed by atoms with Crippen LogP contribution in [0.25, 0.3) is 0 Å². The quantitative estimate of drug-likeness (QED) is 0.861. The predicted octanol–water partition coefficient (Wildman–Crippen LogP) is 1.86. The number of amides is 1. The summed E-state index contributed by atoms with van der Waals surface area (Å²) in [5.41, 5.74) is 2.64. The maximum atomic E-state index is 12.2. The van der Waals surface area contributed by atoms with Crippen molar-refractivity contribution in [1.29, 1.82) is 0 Å². The van der Waals surface area contributed by atoms with Gasteiger partial charge in [-0.25, -0.2) is 0 Å². The summed E-state index contributed by atoms with van der Waals surface area (Å²) in [6.45, 7) is 1.81. The molecule has 2 aromatic rings. The molecule has 0 aliphatic heterocycles. The minimum absolute atomic E-state index is 0.00787. The molecule has 1 heterocycles. The SMILES string of the molecule is Cc1nc(NC(=O)C2CCc3ccccc3C2)n[nH]1. The van der Waals surface area contributed by atoms with E-state index in [1.807, 2.05) is 6.07 Å². The van der Waals surface area contributed by atoms with Crippen molar-refractivity contribution in [2.45, 2.75) is 26.2 Å². The number of fused-ring (bicyclic) bond motifs is 1. The molecule has 3 rings (SSSR count). The van der Waals surface area contributed by atoms with Crippen molar-refractivity contribution in [3.8, 4) is 0 Å². The normalized spacial score (nSPS) is 17.8. The summed E-state index contributed by atoms with van der Waals surface area (Å²) < 4.78 is 0. The molecule has 1 aromatic carbocycles. The monoisotopic (exact) mass is 256 g/mol. The number of carbonyl (C=O) groups is 1. The van der Waals surface area contributed by atoms with Crippen molar-refractivity contribution in [3.63, 3.8) is 0 Å². The molecule has 5 heteroatoms. The zero-order valence-electron chi connectivity index (χ0n) is 10.8. The van der Waals surface area contributed by atoms with Gasteiger partial charge in [0.1, 0.15) is 5.82 Å². The molecule has 1 unspecified atom stereocenters. The second-order valence-corrected chi connectivity index (χ2v) is 4.94. The summed E-state index contributed by atoms with van der Waals surface area (Å²) in [5.74, 6) is 1.08. The molecule has 1 aliphatic carbocycles. The Bertz CT molecular complexity index is 605. The summed E-state index contributed by atoms with van der Waals surface area (Å²) in [6.07, 6.45) is 2.64. The Hall–Kier alpha value is -2.17. The number of aromatic amines is 1. The minimum atomic E-state index is 0.00787. The van der Waals surface area contributed by atoms with Crippen LogP contribution in [0.3, 0.4) is 0 Å². The molecule has 1 aliphatic rings. The number of hydrogen-bond acceptors (Lipinski definition) is 3. The van der Waals surface area contributed by atoms with Crippen LogP contribution in [0, 0.1) is 12.8 Å². The van der Waals surface area contributed by atoms with E-state index in [0.717, 1.165) is 19.3 Å². The maximum absolute atomic E-state index is 12.2.